The van der Waals surface area contributed by atoms with Gasteiger partial charge in [0.25, 0.3) is 5.56 Å². The van der Waals surface area contributed by atoms with E-state index in [0.717, 1.165) is 17.4 Å². The fourth-order valence-corrected chi connectivity index (χ4v) is 4.56. The molecule has 2 aromatic heterocycles. The molecule has 0 saturated heterocycles. The number of fused-ring (bicyclic) bond motifs is 1. The normalized spacial score (nSPS) is 15.6. The summed E-state index contributed by atoms with van der Waals surface area (Å²) < 4.78 is 4.28. The molecule has 1 saturated carbocycles. The Morgan fingerprint density at radius 3 is 2.48 bits per heavy atom. The molecule has 1 fully saturated rings. The van der Waals surface area contributed by atoms with Crippen LogP contribution in [0.3, 0.4) is 0 Å². The van der Waals surface area contributed by atoms with Crippen LogP contribution < -0.4 is 16.6 Å². The molecule has 1 aliphatic rings. The number of imidazole rings is 1. The van der Waals surface area contributed by atoms with Crippen molar-refractivity contribution in [3.8, 4) is 0 Å². The van der Waals surface area contributed by atoms with Crippen LogP contribution in [0.1, 0.15) is 52.0 Å². The lowest BCUT2D eigenvalue weighted by atomic mass is 9.95. The quantitative estimate of drug-likeness (QED) is 0.779. The van der Waals surface area contributed by atoms with Gasteiger partial charge < -0.3 is 9.88 Å². The van der Waals surface area contributed by atoms with Gasteiger partial charge in [-0.2, -0.15) is 0 Å². The third-order valence-corrected chi connectivity index (χ3v) is 6.03. The fraction of sp³-hybridized carbons (Fsp3) is 0.667. The van der Waals surface area contributed by atoms with E-state index < -0.39 is 5.69 Å². The molecule has 9 heteroatoms. The van der Waals surface area contributed by atoms with Gasteiger partial charge in [0.15, 0.2) is 16.3 Å². The first kappa shape index (κ1) is 19.7. The number of hydrogen-bond donors (Lipinski definition) is 1. The molecule has 27 heavy (non-hydrogen) atoms. The molecule has 1 N–H and O–H groups in total. The molecule has 8 nitrogen and oxygen atoms in total. The highest BCUT2D eigenvalue weighted by Crippen LogP contribution is 2.25. The molecule has 0 radical (unpaired) electrons. The van der Waals surface area contributed by atoms with Crippen molar-refractivity contribution in [3.63, 3.8) is 0 Å². The Hall–Kier alpha value is -2.03. The molecule has 0 aliphatic heterocycles. The predicted octanol–water partition coefficient (Wildman–Crippen LogP) is 1.56. The number of carbonyl (C=O) groups excluding carboxylic acids is 1. The van der Waals surface area contributed by atoms with Crippen molar-refractivity contribution in [3.05, 3.63) is 20.8 Å². The van der Waals surface area contributed by atoms with Crippen LogP contribution in [0.4, 0.5) is 0 Å². The average Bonchev–Trinajstić information content (AvgIpc) is 3.04. The standard InChI is InChI=1S/C18H27N5O3S/c1-11(2)23-14-15(21(3)18(26)22(4)16(14)25)20-17(23)27-10-13(24)19-12-8-6-5-7-9-12/h11-12H,5-10H2,1-4H3,(H,19,24). The van der Waals surface area contributed by atoms with Crippen molar-refractivity contribution in [1.82, 2.24) is 24.0 Å². The van der Waals surface area contributed by atoms with Gasteiger partial charge in [-0.1, -0.05) is 31.0 Å². The topological polar surface area (TPSA) is 90.9 Å². The maximum absolute atomic E-state index is 12.6. The molecular weight excluding hydrogens is 366 g/mol. The van der Waals surface area contributed by atoms with Crippen molar-refractivity contribution in [2.75, 3.05) is 5.75 Å². The largest absolute Gasteiger partial charge is 0.353 e. The number of carbonyl (C=O) groups is 1. The number of thioether (sulfide) groups is 1. The minimum atomic E-state index is -0.410. The Bertz CT molecular complexity index is 966. The third-order valence-electron chi connectivity index (χ3n) is 5.08. The van der Waals surface area contributed by atoms with E-state index in [0.29, 0.717) is 16.3 Å². The number of nitrogens with one attached hydrogen (secondary N) is 1. The van der Waals surface area contributed by atoms with E-state index in [1.54, 1.807) is 7.05 Å². The van der Waals surface area contributed by atoms with Crippen LogP contribution in [-0.4, -0.2) is 36.4 Å². The first-order valence-electron chi connectivity index (χ1n) is 9.41. The zero-order chi connectivity index (χ0) is 19.7. The molecular formula is C18H27N5O3S. The van der Waals surface area contributed by atoms with Crippen molar-refractivity contribution in [2.24, 2.45) is 14.1 Å². The van der Waals surface area contributed by atoms with E-state index in [1.165, 1.54) is 42.6 Å². The lowest BCUT2D eigenvalue weighted by Gasteiger charge is -2.22. The Morgan fingerprint density at radius 1 is 1.19 bits per heavy atom. The van der Waals surface area contributed by atoms with E-state index in [4.69, 9.17) is 0 Å². The molecule has 2 aromatic rings. The Kier molecular flexibility index (Phi) is 5.78. The number of aromatic nitrogens is 4. The smallest absolute Gasteiger partial charge is 0.332 e. The van der Waals surface area contributed by atoms with Crippen LogP contribution >= 0.6 is 11.8 Å². The maximum Gasteiger partial charge on any atom is 0.332 e. The highest BCUT2D eigenvalue weighted by atomic mass is 32.2. The van der Waals surface area contributed by atoms with Crippen LogP contribution in [0, 0.1) is 0 Å². The molecule has 1 amide bonds. The van der Waals surface area contributed by atoms with Gasteiger partial charge in [0.05, 0.1) is 5.75 Å². The summed E-state index contributed by atoms with van der Waals surface area (Å²) in [5, 5.41) is 3.68. The molecule has 148 valence electrons. The second-order valence-corrected chi connectivity index (χ2v) is 8.37. The summed E-state index contributed by atoms with van der Waals surface area (Å²) in [5.41, 5.74) is -0.0305. The summed E-state index contributed by atoms with van der Waals surface area (Å²) in [5.74, 6) is 0.219. The second-order valence-electron chi connectivity index (χ2n) is 7.43. The van der Waals surface area contributed by atoms with Crippen molar-refractivity contribution < 1.29 is 4.79 Å². The molecule has 3 rings (SSSR count). The summed E-state index contributed by atoms with van der Waals surface area (Å²) in [6.07, 6.45) is 5.66. The first-order valence-corrected chi connectivity index (χ1v) is 10.4. The predicted molar refractivity (Wildman–Crippen MR) is 106 cm³/mol. The Balaban J connectivity index is 1.88. The van der Waals surface area contributed by atoms with E-state index in [9.17, 15) is 14.4 Å². The minimum Gasteiger partial charge on any atom is -0.353 e. The average molecular weight is 394 g/mol. The summed E-state index contributed by atoms with van der Waals surface area (Å²) in [4.78, 5) is 41.7. The van der Waals surface area contributed by atoms with E-state index in [1.807, 2.05) is 18.4 Å². The zero-order valence-electron chi connectivity index (χ0n) is 16.3. The van der Waals surface area contributed by atoms with Crippen LogP contribution in [0.15, 0.2) is 14.7 Å². The molecule has 2 heterocycles. The van der Waals surface area contributed by atoms with Crippen molar-refractivity contribution in [1.29, 1.82) is 0 Å². The van der Waals surface area contributed by atoms with Gasteiger partial charge in [-0.05, 0) is 26.7 Å². The van der Waals surface area contributed by atoms with E-state index >= 15 is 0 Å². The van der Waals surface area contributed by atoms with Crippen LogP contribution in [-0.2, 0) is 18.9 Å². The lowest BCUT2D eigenvalue weighted by Crippen LogP contribution is -2.37. The van der Waals surface area contributed by atoms with Gasteiger partial charge in [0.1, 0.15) is 0 Å². The van der Waals surface area contributed by atoms with Crippen LogP contribution in [0.2, 0.25) is 0 Å². The summed E-state index contributed by atoms with van der Waals surface area (Å²) in [6, 6.07) is 0.244. The molecule has 0 aromatic carbocycles. The number of amides is 1. The molecule has 0 unspecified atom stereocenters. The number of nitrogens with zero attached hydrogens (tertiary/aromatic N) is 4. The van der Waals surface area contributed by atoms with Gasteiger partial charge in [0.2, 0.25) is 5.91 Å². The molecule has 1 aliphatic carbocycles. The fourth-order valence-electron chi connectivity index (χ4n) is 3.62. The van der Waals surface area contributed by atoms with Gasteiger partial charge in [-0.15, -0.1) is 0 Å². The Labute approximate surface area is 162 Å². The number of hydrogen-bond acceptors (Lipinski definition) is 5. The summed E-state index contributed by atoms with van der Waals surface area (Å²) in [6.45, 7) is 3.91. The van der Waals surface area contributed by atoms with Crippen LogP contribution in [0.5, 0.6) is 0 Å². The monoisotopic (exact) mass is 393 g/mol. The van der Waals surface area contributed by atoms with Crippen LogP contribution in [0.25, 0.3) is 11.2 Å². The van der Waals surface area contributed by atoms with Crippen molar-refractivity contribution in [2.45, 2.75) is 63.2 Å². The van der Waals surface area contributed by atoms with Gasteiger partial charge in [-0.3, -0.25) is 18.7 Å². The number of aryl methyl sites for hydroxylation is 1. The van der Waals surface area contributed by atoms with Gasteiger partial charge in [0, 0.05) is 26.2 Å². The zero-order valence-corrected chi connectivity index (χ0v) is 17.1. The van der Waals surface area contributed by atoms with Gasteiger partial charge >= 0.3 is 5.69 Å². The van der Waals surface area contributed by atoms with E-state index in [2.05, 4.69) is 10.3 Å². The molecule has 0 atom stereocenters. The minimum absolute atomic E-state index is 0.0175. The van der Waals surface area contributed by atoms with E-state index in [-0.39, 0.29) is 29.3 Å². The van der Waals surface area contributed by atoms with Gasteiger partial charge in [-0.25, -0.2) is 9.78 Å². The third kappa shape index (κ3) is 3.83. The summed E-state index contributed by atoms with van der Waals surface area (Å²) in [7, 11) is 3.07. The lowest BCUT2D eigenvalue weighted by molar-refractivity contribution is -0.119. The summed E-state index contributed by atoms with van der Waals surface area (Å²) >= 11 is 1.30. The van der Waals surface area contributed by atoms with Crippen molar-refractivity contribution >= 4 is 28.8 Å². The SMILES string of the molecule is CC(C)n1c(SCC(=O)NC2CCCCC2)nc2c1c(=O)n(C)c(=O)n2C. The molecule has 0 spiro atoms. The first-order chi connectivity index (χ1) is 12.8. The number of rotatable bonds is 5. The highest BCUT2D eigenvalue weighted by molar-refractivity contribution is 7.99. The Morgan fingerprint density at radius 2 is 1.85 bits per heavy atom. The highest BCUT2D eigenvalue weighted by Gasteiger charge is 2.22. The second kappa shape index (κ2) is 7.92. The molecule has 0 bridgehead atoms. The maximum atomic E-state index is 12.6.